The first-order valence-electron chi connectivity index (χ1n) is 7.74. The number of rotatable bonds is 5. The molecule has 1 atom stereocenters. The van der Waals surface area contributed by atoms with Crippen LogP contribution in [0.3, 0.4) is 0 Å². The maximum Gasteiger partial charge on any atom is 0.240 e. The van der Waals surface area contributed by atoms with E-state index in [-0.39, 0.29) is 0 Å². The molecule has 3 rings (SSSR count). The molecule has 1 aromatic carbocycles. The summed E-state index contributed by atoms with van der Waals surface area (Å²) in [5, 5.41) is 3.33. The Balaban J connectivity index is 1.59. The van der Waals surface area contributed by atoms with Crippen molar-refractivity contribution in [2.75, 3.05) is 44.7 Å². The number of fused-ring (bicyclic) bond motifs is 1. The number of hydrogen-bond donors (Lipinski definition) is 2. The second-order valence-corrected chi connectivity index (χ2v) is 7.69. The third-order valence-corrected chi connectivity index (χ3v) is 5.60. The first kappa shape index (κ1) is 15.7. The second kappa shape index (κ2) is 6.54. The van der Waals surface area contributed by atoms with Crippen molar-refractivity contribution in [3.8, 4) is 0 Å². The van der Waals surface area contributed by atoms with Crippen LogP contribution in [0.25, 0.3) is 0 Å². The molecule has 2 aliphatic rings. The Hall–Kier alpha value is -1.15. The molecular weight excluding hydrogens is 302 g/mol. The number of ether oxygens (including phenoxy) is 1. The lowest BCUT2D eigenvalue weighted by Gasteiger charge is -2.26. The fraction of sp³-hybridized carbons (Fsp3) is 0.600. The van der Waals surface area contributed by atoms with Crippen molar-refractivity contribution in [3.05, 3.63) is 23.8 Å². The van der Waals surface area contributed by atoms with Crippen molar-refractivity contribution >= 4 is 15.7 Å². The Morgan fingerprint density at radius 3 is 2.91 bits per heavy atom. The van der Waals surface area contributed by atoms with E-state index in [0.717, 1.165) is 44.0 Å². The van der Waals surface area contributed by atoms with Gasteiger partial charge in [-0.2, -0.15) is 0 Å². The van der Waals surface area contributed by atoms with Gasteiger partial charge in [0, 0.05) is 37.9 Å². The van der Waals surface area contributed by atoms with Gasteiger partial charge in [0.05, 0.1) is 18.1 Å². The van der Waals surface area contributed by atoms with Crippen LogP contribution in [0.15, 0.2) is 23.1 Å². The minimum absolute atomic E-state index is 0.351. The minimum atomic E-state index is -3.44. The number of sulfonamides is 1. The summed E-state index contributed by atoms with van der Waals surface area (Å²) in [6, 6.07) is 5.67. The van der Waals surface area contributed by atoms with Crippen molar-refractivity contribution in [2.24, 2.45) is 0 Å². The van der Waals surface area contributed by atoms with Gasteiger partial charge in [0.15, 0.2) is 0 Å². The van der Waals surface area contributed by atoms with Gasteiger partial charge in [-0.15, -0.1) is 0 Å². The van der Waals surface area contributed by atoms with Crippen LogP contribution >= 0.6 is 0 Å². The predicted octanol–water partition coefficient (Wildman–Crippen LogP) is 0.654. The van der Waals surface area contributed by atoms with Gasteiger partial charge in [-0.3, -0.25) is 4.90 Å². The van der Waals surface area contributed by atoms with Crippen LogP contribution in [0.1, 0.15) is 12.5 Å². The Labute approximate surface area is 131 Å². The molecule has 1 saturated heterocycles. The van der Waals surface area contributed by atoms with Crippen molar-refractivity contribution in [2.45, 2.75) is 24.3 Å². The van der Waals surface area contributed by atoms with E-state index in [4.69, 9.17) is 4.74 Å². The van der Waals surface area contributed by atoms with Gasteiger partial charge < -0.3 is 10.1 Å². The molecule has 1 aromatic rings. The molecule has 0 unspecified atom stereocenters. The highest BCUT2D eigenvalue weighted by Crippen LogP contribution is 2.27. The zero-order valence-electron chi connectivity index (χ0n) is 12.8. The third kappa shape index (κ3) is 3.60. The maximum atomic E-state index is 12.4. The van der Waals surface area contributed by atoms with Gasteiger partial charge in [0.2, 0.25) is 10.0 Å². The van der Waals surface area contributed by atoms with Crippen LogP contribution < -0.4 is 10.0 Å². The van der Waals surface area contributed by atoms with Crippen LogP contribution in [0, 0.1) is 0 Å². The number of nitrogens with one attached hydrogen (secondary N) is 2. The second-order valence-electron chi connectivity index (χ2n) is 5.92. The van der Waals surface area contributed by atoms with E-state index >= 15 is 0 Å². The quantitative estimate of drug-likeness (QED) is 0.832. The van der Waals surface area contributed by atoms with Crippen molar-refractivity contribution < 1.29 is 13.2 Å². The molecule has 0 amide bonds. The molecule has 6 nitrogen and oxygen atoms in total. The van der Waals surface area contributed by atoms with E-state index in [1.807, 2.05) is 6.07 Å². The Kier molecular flexibility index (Phi) is 4.67. The molecule has 0 radical (unpaired) electrons. The first-order valence-corrected chi connectivity index (χ1v) is 9.22. The van der Waals surface area contributed by atoms with Crippen LogP contribution in [-0.4, -0.2) is 58.8 Å². The lowest BCUT2D eigenvalue weighted by molar-refractivity contribution is 0.0390. The van der Waals surface area contributed by atoms with Crippen LogP contribution in [0.4, 0.5) is 5.69 Å². The number of morpholine rings is 1. The lowest BCUT2D eigenvalue weighted by atomic mass is 10.1. The Morgan fingerprint density at radius 1 is 1.36 bits per heavy atom. The van der Waals surface area contributed by atoms with E-state index in [1.165, 1.54) is 0 Å². The van der Waals surface area contributed by atoms with Crippen molar-refractivity contribution in [1.29, 1.82) is 0 Å². The summed E-state index contributed by atoms with van der Waals surface area (Å²) in [5.74, 6) is 0. The molecule has 2 N–H and O–H groups in total. The molecule has 0 spiro atoms. The monoisotopic (exact) mass is 325 g/mol. The first-order chi connectivity index (χ1) is 10.5. The van der Waals surface area contributed by atoms with Gasteiger partial charge >= 0.3 is 0 Å². The number of nitrogens with zero attached hydrogens (tertiary/aromatic N) is 1. The molecule has 0 aliphatic carbocycles. The lowest BCUT2D eigenvalue weighted by Crippen LogP contribution is -2.41. The molecule has 1 fully saturated rings. The SMILES string of the molecule is C[C@H]1Cc2cc(S(=O)(=O)NCCN3CCOCC3)ccc2N1. The van der Waals surface area contributed by atoms with Gasteiger partial charge in [0.25, 0.3) is 0 Å². The van der Waals surface area contributed by atoms with Gasteiger partial charge in [-0.05, 0) is 37.1 Å². The van der Waals surface area contributed by atoms with Crippen LogP contribution in [-0.2, 0) is 21.2 Å². The van der Waals surface area contributed by atoms with E-state index in [1.54, 1.807) is 12.1 Å². The number of benzene rings is 1. The average molecular weight is 325 g/mol. The van der Waals surface area contributed by atoms with Crippen LogP contribution in [0.2, 0.25) is 0 Å². The summed E-state index contributed by atoms with van der Waals surface area (Å²) in [4.78, 5) is 2.56. The smallest absolute Gasteiger partial charge is 0.240 e. The third-order valence-electron chi connectivity index (χ3n) is 4.14. The van der Waals surface area contributed by atoms with E-state index in [2.05, 4.69) is 21.9 Å². The van der Waals surface area contributed by atoms with Gasteiger partial charge in [-0.25, -0.2) is 13.1 Å². The zero-order chi connectivity index (χ0) is 15.6. The molecule has 22 heavy (non-hydrogen) atoms. The standard InChI is InChI=1S/C15H23N3O3S/c1-12-10-13-11-14(2-3-15(13)17-12)22(19,20)16-4-5-18-6-8-21-9-7-18/h2-3,11-12,16-17H,4-10H2,1H3/t12-/m0/s1. The molecule has 7 heteroatoms. The van der Waals surface area contributed by atoms with E-state index < -0.39 is 10.0 Å². The maximum absolute atomic E-state index is 12.4. The number of anilines is 1. The molecular formula is C15H23N3O3S. The summed E-state index contributed by atoms with van der Waals surface area (Å²) < 4.78 is 32.7. The van der Waals surface area contributed by atoms with Gasteiger partial charge in [-0.1, -0.05) is 0 Å². The normalized spacial score (nSPS) is 22.3. The topological polar surface area (TPSA) is 70.7 Å². The average Bonchev–Trinajstić information content (AvgIpc) is 2.87. The number of hydrogen-bond acceptors (Lipinski definition) is 5. The highest BCUT2D eigenvalue weighted by molar-refractivity contribution is 7.89. The molecule has 0 saturated carbocycles. The summed E-state index contributed by atoms with van der Waals surface area (Å²) in [6.07, 6.45) is 0.868. The predicted molar refractivity (Wildman–Crippen MR) is 85.7 cm³/mol. The Morgan fingerprint density at radius 2 is 2.14 bits per heavy atom. The van der Waals surface area contributed by atoms with E-state index in [0.29, 0.717) is 24.0 Å². The fourth-order valence-electron chi connectivity index (χ4n) is 2.94. The van der Waals surface area contributed by atoms with Crippen molar-refractivity contribution in [3.63, 3.8) is 0 Å². The van der Waals surface area contributed by atoms with Crippen molar-refractivity contribution in [1.82, 2.24) is 9.62 Å². The summed E-state index contributed by atoms with van der Waals surface area (Å²) in [6.45, 7) is 6.41. The largest absolute Gasteiger partial charge is 0.382 e. The van der Waals surface area contributed by atoms with Gasteiger partial charge in [0.1, 0.15) is 0 Å². The molecule has 2 heterocycles. The Bertz CT molecular complexity index is 627. The molecule has 122 valence electrons. The summed E-state index contributed by atoms with van der Waals surface area (Å²) >= 11 is 0. The highest BCUT2D eigenvalue weighted by atomic mass is 32.2. The molecule has 2 aliphatic heterocycles. The summed E-state index contributed by atoms with van der Waals surface area (Å²) in [5.41, 5.74) is 2.11. The fourth-order valence-corrected chi connectivity index (χ4v) is 4.01. The minimum Gasteiger partial charge on any atom is -0.382 e. The van der Waals surface area contributed by atoms with E-state index in [9.17, 15) is 8.42 Å². The molecule has 0 bridgehead atoms. The highest BCUT2D eigenvalue weighted by Gasteiger charge is 2.21. The summed E-state index contributed by atoms with van der Waals surface area (Å²) in [7, 11) is -3.44. The van der Waals surface area contributed by atoms with Crippen LogP contribution in [0.5, 0.6) is 0 Å². The zero-order valence-corrected chi connectivity index (χ0v) is 13.7. The molecule has 0 aromatic heterocycles.